The van der Waals surface area contributed by atoms with Gasteiger partial charge in [0.1, 0.15) is 0 Å². The smallest absolute Gasteiger partial charge is 0.338 e. The normalized spacial score (nSPS) is 13.7. The number of para-hydroxylation sites is 1. The molecule has 0 bridgehead atoms. The van der Waals surface area contributed by atoms with Gasteiger partial charge in [0.2, 0.25) is 5.91 Å². The van der Waals surface area contributed by atoms with Gasteiger partial charge < -0.3 is 15.0 Å². The molecule has 152 valence electrons. The lowest BCUT2D eigenvalue weighted by Gasteiger charge is -2.17. The molecule has 29 heavy (non-hydrogen) atoms. The van der Waals surface area contributed by atoms with Gasteiger partial charge in [-0.25, -0.2) is 4.79 Å². The van der Waals surface area contributed by atoms with Crippen molar-refractivity contribution in [1.29, 1.82) is 0 Å². The maximum atomic E-state index is 12.4. The van der Waals surface area contributed by atoms with Crippen LogP contribution in [0, 0.1) is 6.92 Å². The largest absolute Gasteiger partial charge is 0.452 e. The number of amides is 2. The molecule has 1 aliphatic rings. The zero-order chi connectivity index (χ0) is 21.0. The number of benzene rings is 2. The van der Waals surface area contributed by atoms with Crippen molar-refractivity contribution in [3.05, 3.63) is 59.2 Å². The quantitative estimate of drug-likeness (QED) is 0.750. The summed E-state index contributed by atoms with van der Waals surface area (Å²) < 4.78 is 5.19. The maximum absolute atomic E-state index is 12.4. The predicted octanol–water partition coefficient (Wildman–Crippen LogP) is 4.04. The average molecular weight is 394 g/mol. The second-order valence-corrected chi connectivity index (χ2v) is 7.52. The van der Waals surface area contributed by atoms with Crippen molar-refractivity contribution < 1.29 is 19.1 Å². The molecule has 0 unspecified atom stereocenters. The van der Waals surface area contributed by atoms with E-state index in [0.29, 0.717) is 24.2 Å². The van der Waals surface area contributed by atoms with Crippen LogP contribution in [0.5, 0.6) is 0 Å². The van der Waals surface area contributed by atoms with Crippen LogP contribution in [0.4, 0.5) is 11.4 Å². The average Bonchev–Trinajstić information content (AvgIpc) is 3.13. The SMILES string of the molecule is Cc1cccc(C(C)C)c1NC(=O)COC(=O)c1cccc(N2CCCC2=O)c1. The molecule has 6 nitrogen and oxygen atoms in total. The van der Waals surface area contributed by atoms with Gasteiger partial charge in [0, 0.05) is 24.3 Å². The van der Waals surface area contributed by atoms with Crippen molar-refractivity contribution in [1.82, 2.24) is 0 Å². The monoisotopic (exact) mass is 394 g/mol. The fourth-order valence-electron chi connectivity index (χ4n) is 3.45. The molecule has 6 heteroatoms. The second kappa shape index (κ2) is 8.90. The Labute approximate surface area is 170 Å². The van der Waals surface area contributed by atoms with Gasteiger partial charge in [-0.15, -0.1) is 0 Å². The summed E-state index contributed by atoms with van der Waals surface area (Å²) in [6.45, 7) is 6.32. The molecule has 0 spiro atoms. The Bertz CT molecular complexity index is 936. The summed E-state index contributed by atoms with van der Waals surface area (Å²) in [6, 6.07) is 12.6. The fourth-order valence-corrected chi connectivity index (χ4v) is 3.45. The highest BCUT2D eigenvalue weighted by Gasteiger charge is 2.22. The summed E-state index contributed by atoms with van der Waals surface area (Å²) in [7, 11) is 0. The van der Waals surface area contributed by atoms with Crippen LogP contribution >= 0.6 is 0 Å². The number of hydrogen-bond donors (Lipinski definition) is 1. The number of ether oxygens (including phenoxy) is 1. The van der Waals surface area contributed by atoms with Gasteiger partial charge in [-0.3, -0.25) is 9.59 Å². The number of esters is 1. The molecule has 1 heterocycles. The van der Waals surface area contributed by atoms with Crippen LogP contribution in [0.3, 0.4) is 0 Å². The summed E-state index contributed by atoms with van der Waals surface area (Å²) in [5.41, 5.74) is 3.74. The van der Waals surface area contributed by atoms with E-state index in [9.17, 15) is 14.4 Å². The summed E-state index contributed by atoms with van der Waals surface area (Å²) in [5, 5.41) is 2.86. The highest BCUT2D eigenvalue weighted by atomic mass is 16.5. The summed E-state index contributed by atoms with van der Waals surface area (Å²) >= 11 is 0. The van der Waals surface area contributed by atoms with Crippen molar-refractivity contribution in [3.63, 3.8) is 0 Å². The van der Waals surface area contributed by atoms with Crippen LogP contribution in [-0.2, 0) is 14.3 Å². The number of nitrogens with one attached hydrogen (secondary N) is 1. The number of aryl methyl sites for hydroxylation is 1. The molecule has 1 N–H and O–H groups in total. The fraction of sp³-hybridized carbons (Fsp3) is 0.348. The topological polar surface area (TPSA) is 75.7 Å². The number of carbonyl (C=O) groups excluding carboxylic acids is 3. The van der Waals surface area contributed by atoms with Crippen LogP contribution in [0.25, 0.3) is 0 Å². The molecule has 3 rings (SSSR count). The molecule has 0 aliphatic carbocycles. The number of carbonyl (C=O) groups is 3. The maximum Gasteiger partial charge on any atom is 0.338 e. The standard InChI is InChI=1S/C23H26N2O4/c1-15(2)19-10-4-7-16(3)22(19)24-20(26)14-29-23(28)17-8-5-9-18(13-17)25-12-6-11-21(25)27/h4-5,7-10,13,15H,6,11-12,14H2,1-3H3,(H,24,26). The van der Waals surface area contributed by atoms with Crippen LogP contribution in [0.15, 0.2) is 42.5 Å². The third kappa shape index (κ3) is 4.83. The summed E-state index contributed by atoms with van der Waals surface area (Å²) in [4.78, 5) is 38.3. The molecule has 2 aromatic carbocycles. The van der Waals surface area contributed by atoms with Crippen molar-refractivity contribution in [2.24, 2.45) is 0 Å². The third-order valence-electron chi connectivity index (χ3n) is 4.99. The second-order valence-electron chi connectivity index (χ2n) is 7.52. The molecule has 1 saturated heterocycles. The molecule has 1 aliphatic heterocycles. The van der Waals surface area contributed by atoms with Gasteiger partial charge in [-0.05, 0) is 48.6 Å². The van der Waals surface area contributed by atoms with E-state index < -0.39 is 5.97 Å². The zero-order valence-corrected chi connectivity index (χ0v) is 17.0. The lowest BCUT2D eigenvalue weighted by Crippen LogP contribution is -2.24. The third-order valence-corrected chi connectivity index (χ3v) is 4.99. The van der Waals surface area contributed by atoms with Crippen molar-refractivity contribution in [2.75, 3.05) is 23.4 Å². The first kappa shape index (κ1) is 20.6. The Morgan fingerprint density at radius 3 is 2.62 bits per heavy atom. The number of hydrogen-bond acceptors (Lipinski definition) is 4. The van der Waals surface area contributed by atoms with Gasteiger partial charge in [0.05, 0.1) is 5.56 Å². The molecule has 0 radical (unpaired) electrons. The summed E-state index contributed by atoms with van der Waals surface area (Å²) in [5.74, 6) is -0.680. The van der Waals surface area contributed by atoms with Crippen molar-refractivity contribution in [2.45, 2.75) is 39.5 Å². The Morgan fingerprint density at radius 1 is 1.17 bits per heavy atom. The van der Waals surface area contributed by atoms with E-state index >= 15 is 0 Å². The van der Waals surface area contributed by atoms with Gasteiger partial charge in [0.15, 0.2) is 6.61 Å². The minimum Gasteiger partial charge on any atom is -0.452 e. The van der Waals surface area contributed by atoms with Crippen LogP contribution < -0.4 is 10.2 Å². The summed E-state index contributed by atoms with van der Waals surface area (Å²) in [6.07, 6.45) is 1.33. The first-order valence-corrected chi connectivity index (χ1v) is 9.83. The lowest BCUT2D eigenvalue weighted by atomic mass is 9.98. The minimum absolute atomic E-state index is 0.0501. The predicted molar refractivity (Wildman–Crippen MR) is 112 cm³/mol. The minimum atomic E-state index is -0.595. The van der Waals surface area contributed by atoms with Crippen molar-refractivity contribution in [3.8, 4) is 0 Å². The first-order chi connectivity index (χ1) is 13.9. The van der Waals surface area contributed by atoms with Gasteiger partial charge >= 0.3 is 5.97 Å². The van der Waals surface area contributed by atoms with Gasteiger partial charge in [-0.2, -0.15) is 0 Å². The molecule has 0 atom stereocenters. The Balaban J connectivity index is 1.63. The van der Waals surface area contributed by atoms with E-state index in [1.807, 2.05) is 25.1 Å². The molecule has 2 aromatic rings. The van der Waals surface area contributed by atoms with Gasteiger partial charge in [0.25, 0.3) is 5.91 Å². The Morgan fingerprint density at radius 2 is 1.93 bits per heavy atom. The highest BCUT2D eigenvalue weighted by molar-refractivity contribution is 5.99. The zero-order valence-electron chi connectivity index (χ0n) is 17.0. The molecular formula is C23H26N2O4. The highest BCUT2D eigenvalue weighted by Crippen LogP contribution is 2.27. The van der Waals surface area contributed by atoms with E-state index in [0.717, 1.165) is 23.2 Å². The molecule has 2 amide bonds. The van der Waals surface area contributed by atoms with Crippen molar-refractivity contribution >= 4 is 29.2 Å². The molecular weight excluding hydrogens is 368 g/mol. The van der Waals surface area contributed by atoms with Gasteiger partial charge in [-0.1, -0.05) is 38.1 Å². The van der Waals surface area contributed by atoms with E-state index in [-0.39, 0.29) is 24.3 Å². The molecule has 1 fully saturated rings. The number of nitrogens with zero attached hydrogens (tertiary/aromatic N) is 1. The molecule has 0 aromatic heterocycles. The van der Waals surface area contributed by atoms with E-state index in [1.165, 1.54) is 0 Å². The first-order valence-electron chi connectivity index (χ1n) is 9.83. The van der Waals surface area contributed by atoms with E-state index in [2.05, 4.69) is 19.2 Å². The van der Waals surface area contributed by atoms with Crippen LogP contribution in [0.2, 0.25) is 0 Å². The Kier molecular flexibility index (Phi) is 6.32. The van der Waals surface area contributed by atoms with E-state index in [1.54, 1.807) is 29.2 Å². The van der Waals surface area contributed by atoms with Crippen LogP contribution in [0.1, 0.15) is 54.1 Å². The molecule has 0 saturated carbocycles. The van der Waals surface area contributed by atoms with Crippen LogP contribution in [-0.4, -0.2) is 30.9 Å². The number of rotatable bonds is 6. The Hall–Kier alpha value is -3.15. The van der Waals surface area contributed by atoms with E-state index in [4.69, 9.17) is 4.74 Å². The lowest BCUT2D eigenvalue weighted by molar-refractivity contribution is -0.119. The number of anilines is 2.